The highest BCUT2D eigenvalue weighted by Crippen LogP contribution is 2.33. The Kier molecular flexibility index (Phi) is 4.33. The maximum absolute atomic E-state index is 13.0. The number of nitrogens with zero attached hydrogens (tertiary/aromatic N) is 5. The number of urea groups is 1. The highest BCUT2D eigenvalue weighted by atomic mass is 16.5. The Morgan fingerprint density at radius 3 is 2.54 bits per heavy atom. The van der Waals surface area contributed by atoms with Crippen molar-refractivity contribution in [2.75, 3.05) is 45.8 Å². The summed E-state index contributed by atoms with van der Waals surface area (Å²) in [4.78, 5) is 48.1. The molecule has 10 heteroatoms. The number of benzene rings is 1. The number of rotatable bonds is 4. The molecule has 0 radical (unpaired) electrons. The molecule has 10 nitrogen and oxygen atoms in total. The first kappa shape index (κ1) is 18.1. The van der Waals surface area contributed by atoms with Crippen molar-refractivity contribution in [3.63, 3.8) is 0 Å². The van der Waals surface area contributed by atoms with Gasteiger partial charge in [0.2, 0.25) is 5.96 Å². The van der Waals surface area contributed by atoms with Gasteiger partial charge in [-0.25, -0.2) is 9.79 Å². The zero-order valence-corrected chi connectivity index (χ0v) is 15.9. The number of imide groups is 1. The van der Waals surface area contributed by atoms with Gasteiger partial charge in [0.05, 0.1) is 14.2 Å². The monoisotopic (exact) mass is 387 g/mol. The molecule has 3 aliphatic heterocycles. The van der Waals surface area contributed by atoms with Gasteiger partial charge in [-0.2, -0.15) is 0 Å². The molecule has 4 rings (SSSR count). The van der Waals surface area contributed by atoms with Crippen molar-refractivity contribution in [3.05, 3.63) is 24.3 Å². The third kappa shape index (κ3) is 2.63. The number of esters is 1. The van der Waals surface area contributed by atoms with Crippen LogP contribution in [0.25, 0.3) is 0 Å². The van der Waals surface area contributed by atoms with Gasteiger partial charge in [0.15, 0.2) is 12.2 Å². The van der Waals surface area contributed by atoms with Gasteiger partial charge >= 0.3 is 12.0 Å². The fraction of sp³-hybridized carbons (Fsp3) is 0.444. The van der Waals surface area contributed by atoms with Crippen LogP contribution in [-0.2, 0) is 14.3 Å². The van der Waals surface area contributed by atoms with Crippen molar-refractivity contribution in [3.8, 4) is 5.75 Å². The van der Waals surface area contributed by atoms with Crippen molar-refractivity contribution in [1.29, 1.82) is 0 Å². The lowest BCUT2D eigenvalue weighted by atomic mass is 10.1. The zero-order valence-electron chi connectivity index (χ0n) is 15.9. The lowest BCUT2D eigenvalue weighted by Gasteiger charge is -2.40. The highest BCUT2D eigenvalue weighted by Gasteiger charge is 2.54. The molecule has 2 saturated heterocycles. The first-order chi connectivity index (χ1) is 13.5. The van der Waals surface area contributed by atoms with Crippen LogP contribution >= 0.6 is 0 Å². The number of carbonyl (C=O) groups excluding carboxylic acids is 3. The molecule has 3 aliphatic rings. The lowest BCUT2D eigenvalue weighted by molar-refractivity contribution is -0.148. The number of hydrogen-bond donors (Lipinski definition) is 0. The van der Waals surface area contributed by atoms with E-state index in [1.54, 1.807) is 14.2 Å². The van der Waals surface area contributed by atoms with Crippen LogP contribution in [0.2, 0.25) is 0 Å². The van der Waals surface area contributed by atoms with E-state index in [1.807, 2.05) is 34.1 Å². The predicted molar refractivity (Wildman–Crippen MR) is 98.9 cm³/mol. The van der Waals surface area contributed by atoms with Crippen LogP contribution in [0.5, 0.6) is 5.75 Å². The van der Waals surface area contributed by atoms with E-state index in [1.165, 1.54) is 12.0 Å². The summed E-state index contributed by atoms with van der Waals surface area (Å²) in [5, 5.41) is 0. The Hall–Kier alpha value is -3.30. The zero-order chi connectivity index (χ0) is 20.0. The van der Waals surface area contributed by atoms with E-state index < -0.39 is 36.7 Å². The third-order valence-electron chi connectivity index (χ3n) is 5.28. The molecule has 2 fully saturated rings. The van der Waals surface area contributed by atoms with E-state index in [4.69, 9.17) is 4.74 Å². The van der Waals surface area contributed by atoms with Gasteiger partial charge in [0.1, 0.15) is 12.3 Å². The smallest absolute Gasteiger partial charge is 0.328 e. The topological polar surface area (TPSA) is 95.0 Å². The van der Waals surface area contributed by atoms with Gasteiger partial charge in [-0.15, -0.1) is 0 Å². The Morgan fingerprint density at radius 2 is 1.89 bits per heavy atom. The number of likely N-dealkylation sites (N-methyl/N-ethyl adjacent to an activating group) is 1. The molecule has 1 aromatic carbocycles. The minimum Gasteiger partial charge on any atom is -0.497 e. The number of methoxy groups -OCH3 is 2. The maximum Gasteiger partial charge on any atom is 0.328 e. The predicted octanol–water partition coefficient (Wildman–Crippen LogP) is -0.0515. The van der Waals surface area contributed by atoms with Crippen molar-refractivity contribution < 1.29 is 23.9 Å². The molecule has 148 valence electrons. The fourth-order valence-corrected chi connectivity index (χ4v) is 3.78. The molecule has 2 unspecified atom stereocenters. The van der Waals surface area contributed by atoms with E-state index in [-0.39, 0.29) is 0 Å². The standard InChI is InChI=1S/C18H21N5O5/c1-20-15-14(16(25)23(18(20)26)10-13(24)28-3)22-9-8-21(17(22)19-15)11-4-6-12(27-2)7-5-11/h4-7,14-15H,8-10H2,1-3H3. The molecule has 0 saturated carbocycles. The molecule has 2 atom stereocenters. The summed E-state index contributed by atoms with van der Waals surface area (Å²) in [6, 6.07) is 6.36. The molecule has 0 bridgehead atoms. The number of hydrogen-bond acceptors (Lipinski definition) is 8. The molecule has 0 aromatic heterocycles. The minimum atomic E-state index is -0.648. The van der Waals surface area contributed by atoms with Crippen LogP contribution in [0.4, 0.5) is 10.5 Å². The van der Waals surface area contributed by atoms with Crippen molar-refractivity contribution in [2.24, 2.45) is 4.99 Å². The largest absolute Gasteiger partial charge is 0.497 e. The quantitative estimate of drug-likeness (QED) is 0.669. The molecule has 1 aromatic rings. The van der Waals surface area contributed by atoms with Crippen LogP contribution in [0.15, 0.2) is 29.3 Å². The van der Waals surface area contributed by atoms with E-state index in [0.29, 0.717) is 19.0 Å². The van der Waals surface area contributed by atoms with Gasteiger partial charge in [-0.1, -0.05) is 0 Å². The second kappa shape index (κ2) is 6.70. The van der Waals surface area contributed by atoms with Crippen LogP contribution < -0.4 is 9.64 Å². The number of aliphatic imine (C=N–C) groups is 1. The Bertz CT molecular complexity index is 854. The fourth-order valence-electron chi connectivity index (χ4n) is 3.78. The van der Waals surface area contributed by atoms with E-state index in [9.17, 15) is 14.4 Å². The molecule has 0 spiro atoms. The summed E-state index contributed by atoms with van der Waals surface area (Å²) < 4.78 is 9.81. The summed E-state index contributed by atoms with van der Waals surface area (Å²) in [5.74, 6) is 0.316. The first-order valence-corrected chi connectivity index (χ1v) is 8.87. The summed E-state index contributed by atoms with van der Waals surface area (Å²) in [5.41, 5.74) is 0.925. The van der Waals surface area contributed by atoms with E-state index in [0.717, 1.165) is 16.3 Å². The Labute approximate surface area is 161 Å². The number of carbonyl (C=O) groups is 3. The van der Waals surface area contributed by atoms with Gasteiger partial charge in [0, 0.05) is 25.8 Å². The van der Waals surface area contributed by atoms with Gasteiger partial charge in [-0.05, 0) is 24.3 Å². The van der Waals surface area contributed by atoms with Gasteiger partial charge in [-0.3, -0.25) is 14.5 Å². The second-order valence-corrected chi connectivity index (χ2v) is 6.72. The number of guanidine groups is 1. The number of ether oxygens (including phenoxy) is 2. The minimum absolute atomic E-state index is 0.410. The lowest BCUT2D eigenvalue weighted by Crippen LogP contribution is -2.65. The molecule has 28 heavy (non-hydrogen) atoms. The average molecular weight is 387 g/mol. The van der Waals surface area contributed by atoms with Crippen LogP contribution in [-0.4, -0.2) is 91.7 Å². The van der Waals surface area contributed by atoms with Crippen LogP contribution in [0.3, 0.4) is 0 Å². The molecular formula is C18H21N5O5. The second-order valence-electron chi connectivity index (χ2n) is 6.72. The number of amides is 3. The van der Waals surface area contributed by atoms with Crippen molar-refractivity contribution >= 4 is 29.6 Å². The highest BCUT2D eigenvalue weighted by molar-refractivity contribution is 6.08. The number of anilines is 1. The average Bonchev–Trinajstić information content (AvgIpc) is 3.29. The SMILES string of the molecule is COC(=O)CN1C(=O)C2C(N=C3N(c4ccc(OC)cc4)CCN32)N(C)C1=O. The normalized spacial score (nSPS) is 23.6. The van der Waals surface area contributed by atoms with Crippen LogP contribution in [0.1, 0.15) is 0 Å². The first-order valence-electron chi connectivity index (χ1n) is 8.87. The van der Waals surface area contributed by atoms with Crippen molar-refractivity contribution in [2.45, 2.75) is 12.2 Å². The molecule has 3 amide bonds. The Morgan fingerprint density at radius 1 is 1.18 bits per heavy atom. The maximum atomic E-state index is 13.0. The number of fused-ring (bicyclic) bond motifs is 3. The van der Waals surface area contributed by atoms with Crippen molar-refractivity contribution in [1.82, 2.24) is 14.7 Å². The molecule has 3 heterocycles. The van der Waals surface area contributed by atoms with E-state index in [2.05, 4.69) is 9.73 Å². The molecule has 0 aliphatic carbocycles. The summed E-state index contributed by atoms with van der Waals surface area (Å²) in [7, 11) is 4.41. The summed E-state index contributed by atoms with van der Waals surface area (Å²) >= 11 is 0. The summed E-state index contributed by atoms with van der Waals surface area (Å²) in [6.45, 7) is 0.843. The van der Waals surface area contributed by atoms with Gasteiger partial charge in [0.25, 0.3) is 5.91 Å². The Balaban J connectivity index is 1.62. The van der Waals surface area contributed by atoms with E-state index >= 15 is 0 Å². The third-order valence-corrected chi connectivity index (χ3v) is 5.28. The molecule has 0 N–H and O–H groups in total. The van der Waals surface area contributed by atoms with Gasteiger partial charge < -0.3 is 24.2 Å². The molecular weight excluding hydrogens is 366 g/mol. The van der Waals surface area contributed by atoms with Crippen LogP contribution in [0, 0.1) is 0 Å². The summed E-state index contributed by atoms with van der Waals surface area (Å²) in [6.07, 6.45) is -0.620.